The molecule has 2 fully saturated rings. The van der Waals surface area contributed by atoms with Crippen molar-refractivity contribution in [2.24, 2.45) is 17.8 Å². The number of ether oxygens (including phenoxy) is 1. The van der Waals surface area contributed by atoms with Crippen molar-refractivity contribution in [3.8, 4) is 0 Å². The molecule has 1 heterocycles. The van der Waals surface area contributed by atoms with E-state index in [0.29, 0.717) is 11.7 Å². The van der Waals surface area contributed by atoms with Crippen LogP contribution in [-0.4, -0.2) is 19.0 Å². The second-order valence-electron chi connectivity index (χ2n) is 5.18. The Morgan fingerprint density at radius 3 is 2.87 bits per heavy atom. The average Bonchev–Trinajstić information content (AvgIpc) is 2.71. The van der Waals surface area contributed by atoms with Crippen LogP contribution in [0.25, 0.3) is 0 Å². The lowest BCUT2D eigenvalue weighted by Crippen LogP contribution is -2.26. The summed E-state index contributed by atoms with van der Waals surface area (Å²) in [7, 11) is 0. The van der Waals surface area contributed by atoms with E-state index in [1.54, 1.807) is 0 Å². The van der Waals surface area contributed by atoms with Crippen LogP contribution in [0.2, 0.25) is 0 Å². The first-order valence-corrected chi connectivity index (χ1v) is 6.39. The highest BCUT2D eigenvalue weighted by atomic mass is 16.5. The van der Waals surface area contributed by atoms with Crippen LogP contribution in [-0.2, 0) is 9.53 Å². The quantitative estimate of drug-likeness (QED) is 0.716. The van der Waals surface area contributed by atoms with Gasteiger partial charge in [0.2, 0.25) is 0 Å². The Kier molecular flexibility index (Phi) is 3.79. The minimum atomic E-state index is 0.489. The summed E-state index contributed by atoms with van der Waals surface area (Å²) >= 11 is 0. The van der Waals surface area contributed by atoms with E-state index in [4.69, 9.17) is 4.74 Å². The van der Waals surface area contributed by atoms with E-state index in [-0.39, 0.29) is 0 Å². The summed E-state index contributed by atoms with van der Waals surface area (Å²) in [5, 5.41) is 0. The molecule has 0 radical (unpaired) electrons. The van der Waals surface area contributed by atoms with Gasteiger partial charge < -0.3 is 4.74 Å². The van der Waals surface area contributed by atoms with Crippen molar-refractivity contribution in [1.82, 2.24) is 0 Å². The van der Waals surface area contributed by atoms with Crippen LogP contribution in [0.1, 0.15) is 45.4 Å². The van der Waals surface area contributed by atoms with Gasteiger partial charge in [0.15, 0.2) is 0 Å². The molecule has 0 aromatic heterocycles. The van der Waals surface area contributed by atoms with E-state index in [1.165, 1.54) is 19.3 Å². The zero-order valence-corrected chi connectivity index (χ0v) is 9.71. The molecule has 1 aliphatic carbocycles. The van der Waals surface area contributed by atoms with Crippen LogP contribution in [0.15, 0.2) is 0 Å². The van der Waals surface area contributed by atoms with Crippen LogP contribution < -0.4 is 0 Å². The van der Waals surface area contributed by atoms with E-state index in [1.807, 2.05) is 0 Å². The van der Waals surface area contributed by atoms with Crippen molar-refractivity contribution in [3.05, 3.63) is 0 Å². The number of ketones is 1. The van der Waals surface area contributed by atoms with Gasteiger partial charge >= 0.3 is 0 Å². The second-order valence-corrected chi connectivity index (χ2v) is 5.18. The standard InChI is InChI=1S/C13H22O2/c1-2-11-3-4-13(14)8-12(11)7-10-5-6-15-9-10/h10-12H,2-9H2,1H3. The summed E-state index contributed by atoms with van der Waals surface area (Å²) in [6, 6.07) is 0. The molecule has 0 aromatic carbocycles. The molecule has 1 aliphatic heterocycles. The average molecular weight is 210 g/mol. The molecule has 2 heteroatoms. The first kappa shape index (κ1) is 11.1. The van der Waals surface area contributed by atoms with Crippen molar-refractivity contribution < 1.29 is 9.53 Å². The molecule has 3 atom stereocenters. The molecule has 3 unspecified atom stereocenters. The van der Waals surface area contributed by atoms with E-state index in [0.717, 1.165) is 44.3 Å². The van der Waals surface area contributed by atoms with Gasteiger partial charge in [-0.1, -0.05) is 13.3 Å². The Labute approximate surface area is 92.4 Å². The van der Waals surface area contributed by atoms with Gasteiger partial charge in [-0.3, -0.25) is 4.79 Å². The third-order valence-corrected chi connectivity index (χ3v) is 4.13. The maximum atomic E-state index is 11.5. The maximum Gasteiger partial charge on any atom is 0.133 e. The number of hydrogen-bond acceptors (Lipinski definition) is 2. The summed E-state index contributed by atoms with van der Waals surface area (Å²) in [5.74, 6) is 2.67. The molecular weight excluding hydrogens is 188 g/mol. The fraction of sp³-hybridized carbons (Fsp3) is 0.923. The van der Waals surface area contributed by atoms with Gasteiger partial charge in [-0.15, -0.1) is 0 Å². The van der Waals surface area contributed by atoms with E-state index in [9.17, 15) is 4.79 Å². The van der Waals surface area contributed by atoms with Crippen molar-refractivity contribution in [1.29, 1.82) is 0 Å². The Hall–Kier alpha value is -0.370. The van der Waals surface area contributed by atoms with Crippen molar-refractivity contribution >= 4 is 5.78 Å². The molecule has 0 bridgehead atoms. The number of rotatable bonds is 3. The number of hydrogen-bond donors (Lipinski definition) is 0. The molecule has 0 aromatic rings. The van der Waals surface area contributed by atoms with E-state index in [2.05, 4.69) is 6.92 Å². The van der Waals surface area contributed by atoms with E-state index >= 15 is 0 Å². The van der Waals surface area contributed by atoms with Crippen LogP contribution in [0, 0.1) is 17.8 Å². The molecule has 1 saturated heterocycles. The zero-order chi connectivity index (χ0) is 10.7. The van der Waals surface area contributed by atoms with Gasteiger partial charge in [-0.2, -0.15) is 0 Å². The van der Waals surface area contributed by atoms with Gasteiger partial charge in [0.25, 0.3) is 0 Å². The van der Waals surface area contributed by atoms with Crippen molar-refractivity contribution in [2.45, 2.75) is 45.4 Å². The van der Waals surface area contributed by atoms with Crippen LogP contribution in [0.5, 0.6) is 0 Å². The minimum Gasteiger partial charge on any atom is -0.381 e. The number of Topliss-reactive ketones (excluding diaryl/α,β-unsaturated/α-hetero) is 1. The molecular formula is C13H22O2. The van der Waals surface area contributed by atoms with Crippen LogP contribution in [0.3, 0.4) is 0 Å². The summed E-state index contributed by atoms with van der Waals surface area (Å²) in [6.45, 7) is 4.13. The van der Waals surface area contributed by atoms with Gasteiger partial charge in [-0.05, 0) is 37.0 Å². The summed E-state index contributed by atoms with van der Waals surface area (Å²) in [6.07, 6.45) is 6.48. The van der Waals surface area contributed by atoms with Gasteiger partial charge in [-0.25, -0.2) is 0 Å². The highest BCUT2D eigenvalue weighted by molar-refractivity contribution is 5.79. The lowest BCUT2D eigenvalue weighted by atomic mass is 9.73. The summed E-state index contributed by atoms with van der Waals surface area (Å²) in [5.41, 5.74) is 0. The smallest absolute Gasteiger partial charge is 0.133 e. The SMILES string of the molecule is CCC1CCC(=O)CC1CC1CCOC1. The van der Waals surface area contributed by atoms with Gasteiger partial charge in [0, 0.05) is 26.1 Å². The molecule has 1 saturated carbocycles. The normalized spacial score (nSPS) is 37.1. The number of carbonyl (C=O) groups excluding carboxylic acids is 1. The minimum absolute atomic E-state index is 0.489. The van der Waals surface area contributed by atoms with Crippen LogP contribution >= 0.6 is 0 Å². The molecule has 2 rings (SSSR count). The molecule has 2 aliphatic rings. The van der Waals surface area contributed by atoms with E-state index < -0.39 is 0 Å². The molecule has 0 N–H and O–H groups in total. The Morgan fingerprint density at radius 2 is 2.20 bits per heavy atom. The van der Waals surface area contributed by atoms with Crippen molar-refractivity contribution in [2.75, 3.05) is 13.2 Å². The van der Waals surface area contributed by atoms with Gasteiger partial charge in [0.05, 0.1) is 0 Å². The Balaban J connectivity index is 1.88. The highest BCUT2D eigenvalue weighted by Crippen LogP contribution is 2.36. The van der Waals surface area contributed by atoms with Crippen molar-refractivity contribution in [3.63, 3.8) is 0 Å². The first-order valence-electron chi connectivity index (χ1n) is 6.39. The third-order valence-electron chi connectivity index (χ3n) is 4.13. The second kappa shape index (κ2) is 5.11. The maximum absolute atomic E-state index is 11.5. The highest BCUT2D eigenvalue weighted by Gasteiger charge is 2.31. The lowest BCUT2D eigenvalue weighted by Gasteiger charge is -2.31. The Bertz CT molecular complexity index is 219. The summed E-state index contributed by atoms with van der Waals surface area (Å²) < 4.78 is 5.41. The molecule has 0 amide bonds. The molecule has 86 valence electrons. The topological polar surface area (TPSA) is 26.3 Å². The molecule has 2 nitrogen and oxygen atoms in total. The third kappa shape index (κ3) is 2.81. The predicted molar refractivity (Wildman–Crippen MR) is 59.7 cm³/mol. The fourth-order valence-electron chi connectivity index (χ4n) is 3.15. The largest absolute Gasteiger partial charge is 0.381 e. The number of carbonyl (C=O) groups is 1. The monoisotopic (exact) mass is 210 g/mol. The first-order chi connectivity index (χ1) is 7.29. The van der Waals surface area contributed by atoms with Crippen LogP contribution in [0.4, 0.5) is 0 Å². The zero-order valence-electron chi connectivity index (χ0n) is 9.71. The lowest BCUT2D eigenvalue weighted by molar-refractivity contribution is -0.123. The Morgan fingerprint density at radius 1 is 1.33 bits per heavy atom. The predicted octanol–water partition coefficient (Wildman–Crippen LogP) is 2.81. The molecule has 0 spiro atoms. The molecule has 15 heavy (non-hydrogen) atoms. The summed E-state index contributed by atoms with van der Waals surface area (Å²) in [4.78, 5) is 11.5. The fourth-order valence-corrected chi connectivity index (χ4v) is 3.15. The van der Waals surface area contributed by atoms with Gasteiger partial charge in [0.1, 0.15) is 5.78 Å².